The number of nitrogens with one attached hydrogen (secondary N) is 2. The summed E-state index contributed by atoms with van der Waals surface area (Å²) in [5.74, 6) is 0.619. The lowest BCUT2D eigenvalue weighted by atomic mass is 9.99. The Morgan fingerprint density at radius 1 is 1.25 bits per heavy atom. The number of anilines is 1. The third kappa shape index (κ3) is 8.13. The molecule has 1 atom stereocenters. The molecule has 4 rings (SSSR count). The van der Waals surface area contributed by atoms with Gasteiger partial charge in [0.2, 0.25) is 5.96 Å². The Morgan fingerprint density at radius 2 is 1.98 bits per heavy atom. The lowest BCUT2D eigenvalue weighted by molar-refractivity contribution is -0.134. The number of piperazine rings is 1. The number of hydrogen-bond acceptors (Lipinski definition) is 8. The first-order valence-corrected chi connectivity index (χ1v) is 12.9. The summed E-state index contributed by atoms with van der Waals surface area (Å²) in [6, 6.07) is 6.28. The predicted octanol–water partition coefficient (Wildman–Crippen LogP) is 2.46. The second kappa shape index (κ2) is 14.8. The number of carbonyl (C=O) groups excluding carboxylic acids is 1. The summed E-state index contributed by atoms with van der Waals surface area (Å²) in [6.45, 7) is 9.27. The largest absolute Gasteiger partial charge is 0.481 e. The number of carbonyl (C=O) groups is 2. The molecule has 12 heteroatoms. The fourth-order valence-electron chi connectivity index (χ4n) is 4.62. The first-order valence-electron chi connectivity index (χ1n) is 12.9. The number of aliphatic carboxylic acids is 1. The maximum atomic E-state index is 12.1. The summed E-state index contributed by atoms with van der Waals surface area (Å²) in [7, 11) is 3.39. The Morgan fingerprint density at radius 3 is 2.58 bits per heavy atom. The van der Waals surface area contributed by atoms with E-state index in [0.29, 0.717) is 37.2 Å². The molecule has 0 spiro atoms. The Labute approximate surface area is 236 Å². The number of fused-ring (bicyclic) bond motifs is 1. The standard InChI is InChI=1S/C25H33N9O.C2H4O2.CH4/c1-17(2)22-15-33(23-14-28-21(13-29-23)24(35)32(3)4)10-11-34(22)25(30-16-26)31-20-7-5-6-18-12-27-9-8-19(18)20;1-2(3)4;/h5-7,13-14,17,22,27H,8-12,15H2,1-4H3,(H,30,31);1H3,(H,3,4);1H4/t22-;;/m0../s1. The SMILES string of the molecule is C.CC(=O)O.CC(C)[C@@H]1CN(c2cnc(C(=O)N(C)C)cn2)CCN1C(=Nc1cccc2c1CCNC2)NC#N. The molecule has 0 unspecified atom stereocenters. The van der Waals surface area contributed by atoms with Gasteiger partial charge in [-0.25, -0.2) is 15.0 Å². The van der Waals surface area contributed by atoms with Crippen molar-refractivity contribution in [1.29, 1.82) is 5.26 Å². The van der Waals surface area contributed by atoms with Crippen LogP contribution in [0.5, 0.6) is 0 Å². The number of aromatic nitrogens is 2. The van der Waals surface area contributed by atoms with Crippen LogP contribution >= 0.6 is 0 Å². The maximum Gasteiger partial charge on any atom is 0.300 e. The molecule has 40 heavy (non-hydrogen) atoms. The smallest absolute Gasteiger partial charge is 0.300 e. The van der Waals surface area contributed by atoms with Crippen molar-refractivity contribution in [2.75, 3.05) is 45.2 Å². The van der Waals surface area contributed by atoms with E-state index in [1.54, 1.807) is 20.3 Å². The Kier molecular flexibility index (Phi) is 11.8. The van der Waals surface area contributed by atoms with Gasteiger partial charge in [0.15, 0.2) is 6.19 Å². The molecular formula is C28H41N9O3. The molecule has 3 N–H and O–H groups in total. The highest BCUT2D eigenvalue weighted by Gasteiger charge is 2.32. The fourth-order valence-corrected chi connectivity index (χ4v) is 4.62. The van der Waals surface area contributed by atoms with Crippen molar-refractivity contribution < 1.29 is 14.7 Å². The van der Waals surface area contributed by atoms with Crippen LogP contribution < -0.4 is 15.5 Å². The van der Waals surface area contributed by atoms with Crippen LogP contribution in [-0.2, 0) is 17.8 Å². The molecule has 0 bridgehead atoms. The van der Waals surface area contributed by atoms with E-state index in [4.69, 9.17) is 14.9 Å². The minimum Gasteiger partial charge on any atom is -0.481 e. The second-order valence-corrected chi connectivity index (χ2v) is 9.94. The molecule has 2 aliphatic rings. The molecule has 1 aromatic heterocycles. The van der Waals surface area contributed by atoms with Crippen LogP contribution in [0.3, 0.4) is 0 Å². The fraction of sp³-hybridized carbons (Fsp3) is 0.500. The van der Waals surface area contributed by atoms with Gasteiger partial charge in [-0.05, 0) is 36.1 Å². The third-order valence-electron chi connectivity index (χ3n) is 6.56. The molecule has 0 saturated carbocycles. The molecule has 1 amide bonds. The monoisotopic (exact) mass is 551 g/mol. The zero-order chi connectivity index (χ0) is 28.5. The minimum absolute atomic E-state index is 0. The molecule has 3 heterocycles. The minimum atomic E-state index is -0.833. The Hall–Kier alpha value is -4.24. The Bertz CT molecular complexity index is 1220. The zero-order valence-corrected chi connectivity index (χ0v) is 23.2. The van der Waals surface area contributed by atoms with Gasteiger partial charge in [-0.1, -0.05) is 33.4 Å². The lowest BCUT2D eigenvalue weighted by Gasteiger charge is -2.44. The highest BCUT2D eigenvalue weighted by atomic mass is 16.4. The summed E-state index contributed by atoms with van der Waals surface area (Å²) < 4.78 is 0. The Balaban J connectivity index is 0.00000105. The van der Waals surface area contributed by atoms with Crippen molar-refractivity contribution in [3.8, 4) is 6.19 Å². The number of guanidine groups is 1. The summed E-state index contributed by atoms with van der Waals surface area (Å²) in [5.41, 5.74) is 3.74. The van der Waals surface area contributed by atoms with Crippen LogP contribution in [0.15, 0.2) is 35.6 Å². The number of hydrogen-bond donors (Lipinski definition) is 3. The number of aliphatic imine (C=N–C) groups is 1. The third-order valence-corrected chi connectivity index (χ3v) is 6.56. The molecule has 1 fully saturated rings. The van der Waals surface area contributed by atoms with Crippen LogP contribution in [-0.4, -0.2) is 89.0 Å². The van der Waals surface area contributed by atoms with E-state index >= 15 is 0 Å². The molecule has 0 radical (unpaired) electrons. The molecule has 1 saturated heterocycles. The van der Waals surface area contributed by atoms with Crippen LogP contribution in [0.1, 0.15) is 49.8 Å². The molecule has 1 aromatic carbocycles. The van der Waals surface area contributed by atoms with Gasteiger partial charge in [0.25, 0.3) is 11.9 Å². The van der Waals surface area contributed by atoms with Crippen molar-refractivity contribution in [2.45, 2.75) is 47.2 Å². The molecule has 2 aromatic rings. The van der Waals surface area contributed by atoms with Gasteiger partial charge in [0.05, 0.1) is 24.1 Å². The van der Waals surface area contributed by atoms with E-state index < -0.39 is 5.97 Å². The quantitative estimate of drug-likeness (QED) is 0.224. The van der Waals surface area contributed by atoms with E-state index in [1.807, 2.05) is 12.1 Å². The zero-order valence-electron chi connectivity index (χ0n) is 23.2. The number of carboxylic acid groups (broad SMARTS) is 1. The van der Waals surface area contributed by atoms with Gasteiger partial charge in [0, 0.05) is 47.2 Å². The summed E-state index contributed by atoms with van der Waals surface area (Å²) in [4.78, 5) is 40.8. The van der Waals surface area contributed by atoms with Crippen LogP contribution in [0.25, 0.3) is 0 Å². The first kappa shape index (κ1) is 32.0. The van der Waals surface area contributed by atoms with E-state index in [-0.39, 0.29) is 19.4 Å². The topological polar surface area (TPSA) is 150 Å². The summed E-state index contributed by atoms with van der Waals surface area (Å²) in [5, 5.41) is 23.2. The summed E-state index contributed by atoms with van der Waals surface area (Å²) >= 11 is 0. The molecule has 2 aliphatic heterocycles. The van der Waals surface area contributed by atoms with Crippen molar-refractivity contribution in [3.63, 3.8) is 0 Å². The number of benzene rings is 1. The average Bonchev–Trinajstić information content (AvgIpc) is 2.92. The predicted molar refractivity (Wildman–Crippen MR) is 155 cm³/mol. The van der Waals surface area contributed by atoms with Gasteiger partial charge < -0.3 is 25.1 Å². The number of amides is 1. The van der Waals surface area contributed by atoms with E-state index in [1.165, 1.54) is 22.2 Å². The normalized spacial score (nSPS) is 16.5. The lowest BCUT2D eigenvalue weighted by Crippen LogP contribution is -2.59. The van der Waals surface area contributed by atoms with Gasteiger partial charge in [-0.3, -0.25) is 14.9 Å². The van der Waals surface area contributed by atoms with Crippen LogP contribution in [0.2, 0.25) is 0 Å². The second-order valence-electron chi connectivity index (χ2n) is 9.94. The van der Waals surface area contributed by atoms with Gasteiger partial charge in [-0.15, -0.1) is 0 Å². The van der Waals surface area contributed by atoms with Gasteiger partial charge in [0.1, 0.15) is 11.5 Å². The van der Waals surface area contributed by atoms with E-state index in [0.717, 1.165) is 37.9 Å². The van der Waals surface area contributed by atoms with Gasteiger partial charge in [-0.2, -0.15) is 5.26 Å². The average molecular weight is 552 g/mol. The van der Waals surface area contributed by atoms with Crippen molar-refractivity contribution in [1.82, 2.24) is 30.4 Å². The number of nitriles is 1. The number of rotatable bonds is 4. The van der Waals surface area contributed by atoms with Crippen LogP contribution in [0.4, 0.5) is 11.5 Å². The van der Waals surface area contributed by atoms with Crippen molar-refractivity contribution >= 4 is 29.3 Å². The maximum absolute atomic E-state index is 12.1. The number of nitrogens with zero attached hydrogens (tertiary/aromatic N) is 7. The molecule has 216 valence electrons. The molecular weight excluding hydrogens is 510 g/mol. The first-order chi connectivity index (χ1) is 18.6. The van der Waals surface area contributed by atoms with Crippen molar-refractivity contribution in [3.05, 3.63) is 47.4 Å². The molecule has 0 aliphatic carbocycles. The van der Waals surface area contributed by atoms with Crippen molar-refractivity contribution in [2.24, 2.45) is 10.9 Å². The van der Waals surface area contributed by atoms with Crippen LogP contribution in [0, 0.1) is 17.4 Å². The summed E-state index contributed by atoms with van der Waals surface area (Å²) in [6.07, 6.45) is 6.20. The molecule has 12 nitrogen and oxygen atoms in total. The van der Waals surface area contributed by atoms with Gasteiger partial charge >= 0.3 is 0 Å². The van der Waals surface area contributed by atoms with E-state index in [9.17, 15) is 10.1 Å². The highest BCUT2D eigenvalue weighted by molar-refractivity contribution is 5.91. The highest BCUT2D eigenvalue weighted by Crippen LogP contribution is 2.27. The number of carboxylic acids is 1. The van der Waals surface area contributed by atoms with E-state index in [2.05, 4.69) is 56.5 Å².